The number of hydrogen-bond acceptors (Lipinski definition) is 6. The summed E-state index contributed by atoms with van der Waals surface area (Å²) in [6.07, 6.45) is 4.25. The largest absolute Gasteiger partial charge is 0.490 e. The number of hydrogen-bond donors (Lipinski definition) is 3. The molecule has 0 aliphatic heterocycles. The van der Waals surface area contributed by atoms with Crippen LogP contribution in [-0.2, 0) is 0 Å². The van der Waals surface area contributed by atoms with Gasteiger partial charge in [0.05, 0.1) is 12.7 Å². The fourth-order valence-electron chi connectivity index (χ4n) is 2.00. The van der Waals surface area contributed by atoms with E-state index in [1.807, 2.05) is 6.92 Å². The first-order valence-corrected chi connectivity index (χ1v) is 6.27. The Balaban J connectivity index is 2.08. The molecule has 6 nitrogen and oxygen atoms in total. The zero-order valence-corrected chi connectivity index (χ0v) is 10.9. The Bertz CT molecular complexity index is 407. The van der Waals surface area contributed by atoms with Crippen LogP contribution in [0.2, 0.25) is 0 Å². The highest BCUT2D eigenvalue weighted by Crippen LogP contribution is 2.33. The molecule has 1 aromatic heterocycles. The predicted molar refractivity (Wildman–Crippen MR) is 70.0 cm³/mol. The van der Waals surface area contributed by atoms with E-state index in [-0.39, 0.29) is 0 Å². The van der Waals surface area contributed by atoms with Crippen LogP contribution in [0.5, 0.6) is 5.75 Å². The van der Waals surface area contributed by atoms with Gasteiger partial charge in [0.15, 0.2) is 11.6 Å². The van der Waals surface area contributed by atoms with E-state index in [2.05, 4.69) is 20.6 Å². The second kappa shape index (κ2) is 5.39. The molecule has 1 heterocycles. The topological polar surface area (TPSA) is 79.3 Å². The molecule has 0 unspecified atom stereocenters. The van der Waals surface area contributed by atoms with Gasteiger partial charge in [-0.3, -0.25) is 0 Å². The van der Waals surface area contributed by atoms with E-state index in [0.717, 1.165) is 25.8 Å². The number of nitrogens with zero attached hydrogens (tertiary/aromatic N) is 2. The van der Waals surface area contributed by atoms with Gasteiger partial charge >= 0.3 is 0 Å². The molecule has 0 amide bonds. The molecule has 100 valence electrons. The van der Waals surface area contributed by atoms with Crippen LogP contribution in [0.3, 0.4) is 0 Å². The number of methoxy groups -OCH3 is 1. The summed E-state index contributed by atoms with van der Waals surface area (Å²) in [4.78, 5) is 8.28. The van der Waals surface area contributed by atoms with E-state index < -0.39 is 5.60 Å². The first-order chi connectivity index (χ1) is 8.68. The van der Waals surface area contributed by atoms with Gasteiger partial charge in [-0.1, -0.05) is 0 Å². The Morgan fingerprint density at radius 2 is 2.00 bits per heavy atom. The maximum Gasteiger partial charge on any atom is 0.204 e. The highest BCUT2D eigenvalue weighted by molar-refractivity contribution is 5.63. The van der Waals surface area contributed by atoms with Crippen molar-refractivity contribution in [2.24, 2.45) is 0 Å². The van der Waals surface area contributed by atoms with Gasteiger partial charge in [-0.2, -0.15) is 0 Å². The highest BCUT2D eigenvalue weighted by atomic mass is 16.5. The molecule has 3 N–H and O–H groups in total. The van der Waals surface area contributed by atoms with Crippen LogP contribution in [-0.4, -0.2) is 40.9 Å². The van der Waals surface area contributed by atoms with Crippen molar-refractivity contribution in [1.29, 1.82) is 0 Å². The molecule has 0 saturated heterocycles. The smallest absolute Gasteiger partial charge is 0.204 e. The van der Waals surface area contributed by atoms with Gasteiger partial charge < -0.3 is 20.5 Å². The lowest BCUT2D eigenvalue weighted by atomic mass is 9.80. The lowest BCUT2D eigenvalue weighted by Crippen LogP contribution is -2.43. The zero-order chi connectivity index (χ0) is 13.0. The van der Waals surface area contributed by atoms with Crippen molar-refractivity contribution in [2.45, 2.75) is 31.8 Å². The van der Waals surface area contributed by atoms with Crippen LogP contribution in [0.4, 0.5) is 11.6 Å². The van der Waals surface area contributed by atoms with Crippen molar-refractivity contribution in [3.63, 3.8) is 0 Å². The Morgan fingerprint density at radius 3 is 2.50 bits per heavy atom. The fraction of sp³-hybridized carbons (Fsp3) is 0.667. The fourth-order valence-corrected chi connectivity index (χ4v) is 2.00. The summed E-state index contributed by atoms with van der Waals surface area (Å²) in [6, 6.07) is 0. The van der Waals surface area contributed by atoms with E-state index in [0.29, 0.717) is 23.9 Å². The number of rotatable bonds is 6. The molecule has 0 spiro atoms. The molecule has 2 rings (SSSR count). The van der Waals surface area contributed by atoms with Crippen molar-refractivity contribution in [1.82, 2.24) is 9.97 Å². The van der Waals surface area contributed by atoms with Gasteiger partial charge in [0, 0.05) is 13.1 Å². The van der Waals surface area contributed by atoms with E-state index >= 15 is 0 Å². The quantitative estimate of drug-likeness (QED) is 0.707. The van der Waals surface area contributed by atoms with Gasteiger partial charge in [-0.05, 0) is 26.2 Å². The third-order valence-electron chi connectivity index (χ3n) is 3.22. The Morgan fingerprint density at radius 1 is 1.33 bits per heavy atom. The number of aromatic nitrogens is 2. The molecule has 18 heavy (non-hydrogen) atoms. The maximum absolute atomic E-state index is 10.0. The van der Waals surface area contributed by atoms with E-state index in [1.165, 1.54) is 6.33 Å². The van der Waals surface area contributed by atoms with Gasteiger partial charge in [0.25, 0.3) is 0 Å². The predicted octanol–water partition coefficient (Wildman–Crippen LogP) is 1.24. The number of nitrogens with one attached hydrogen (secondary N) is 2. The first kappa shape index (κ1) is 12.9. The van der Waals surface area contributed by atoms with Crippen molar-refractivity contribution >= 4 is 11.6 Å². The summed E-state index contributed by atoms with van der Waals surface area (Å²) >= 11 is 0. The second-order valence-electron chi connectivity index (χ2n) is 4.57. The summed E-state index contributed by atoms with van der Waals surface area (Å²) in [6.45, 7) is 3.24. The van der Waals surface area contributed by atoms with Crippen molar-refractivity contribution in [3.05, 3.63) is 6.33 Å². The zero-order valence-electron chi connectivity index (χ0n) is 10.9. The summed E-state index contributed by atoms with van der Waals surface area (Å²) in [5, 5.41) is 16.3. The molecular weight excluding hydrogens is 232 g/mol. The van der Waals surface area contributed by atoms with Crippen molar-refractivity contribution < 1.29 is 9.84 Å². The van der Waals surface area contributed by atoms with E-state index in [9.17, 15) is 5.11 Å². The number of aliphatic hydroxyl groups is 1. The van der Waals surface area contributed by atoms with Gasteiger partial charge in [-0.25, -0.2) is 9.97 Å². The molecule has 0 atom stereocenters. The molecule has 1 aromatic rings. The Hall–Kier alpha value is -1.56. The maximum atomic E-state index is 10.0. The third-order valence-corrected chi connectivity index (χ3v) is 3.22. The lowest BCUT2D eigenvalue weighted by molar-refractivity contribution is -0.0202. The molecule has 1 fully saturated rings. The van der Waals surface area contributed by atoms with E-state index in [1.54, 1.807) is 7.11 Å². The van der Waals surface area contributed by atoms with Crippen LogP contribution < -0.4 is 15.4 Å². The van der Waals surface area contributed by atoms with Crippen LogP contribution in [0, 0.1) is 0 Å². The molecule has 1 aliphatic carbocycles. The van der Waals surface area contributed by atoms with Gasteiger partial charge in [0.1, 0.15) is 6.33 Å². The highest BCUT2D eigenvalue weighted by Gasteiger charge is 2.34. The number of ether oxygens (including phenoxy) is 1. The lowest BCUT2D eigenvalue weighted by Gasteiger charge is -2.36. The average molecular weight is 252 g/mol. The van der Waals surface area contributed by atoms with Crippen LogP contribution in [0.15, 0.2) is 6.33 Å². The minimum Gasteiger partial charge on any atom is -0.490 e. The second-order valence-corrected chi connectivity index (χ2v) is 4.57. The molecule has 0 aromatic carbocycles. The molecule has 1 aliphatic rings. The van der Waals surface area contributed by atoms with Crippen molar-refractivity contribution in [3.8, 4) is 5.75 Å². The molecular formula is C12H20N4O2. The van der Waals surface area contributed by atoms with E-state index in [4.69, 9.17) is 4.74 Å². The molecule has 1 saturated carbocycles. The Labute approximate surface area is 107 Å². The molecule has 0 bridgehead atoms. The van der Waals surface area contributed by atoms with Crippen molar-refractivity contribution in [2.75, 3.05) is 30.8 Å². The summed E-state index contributed by atoms with van der Waals surface area (Å²) < 4.78 is 5.31. The Kier molecular flexibility index (Phi) is 3.86. The number of anilines is 2. The van der Waals surface area contributed by atoms with Gasteiger partial charge in [-0.15, -0.1) is 0 Å². The first-order valence-electron chi connectivity index (χ1n) is 6.27. The van der Waals surface area contributed by atoms with Crippen LogP contribution >= 0.6 is 0 Å². The van der Waals surface area contributed by atoms with Crippen LogP contribution in [0.25, 0.3) is 0 Å². The van der Waals surface area contributed by atoms with Gasteiger partial charge in [0.2, 0.25) is 5.75 Å². The normalized spacial score (nSPS) is 16.8. The summed E-state index contributed by atoms with van der Waals surface area (Å²) in [5.74, 6) is 1.86. The minimum absolute atomic E-state index is 0.492. The monoisotopic (exact) mass is 252 g/mol. The van der Waals surface area contributed by atoms with Crippen LogP contribution in [0.1, 0.15) is 26.2 Å². The standard InChI is InChI=1S/C12H20N4O2/c1-3-13-10-9(18-2)11(16-8-15-10)14-7-12(17)5-4-6-12/h8,17H,3-7H2,1-2H3,(H2,13,14,15,16). The average Bonchev–Trinajstić information content (AvgIpc) is 2.34. The third kappa shape index (κ3) is 2.64. The minimum atomic E-state index is -0.589. The molecule has 0 radical (unpaired) electrons. The molecule has 6 heteroatoms. The summed E-state index contributed by atoms with van der Waals surface area (Å²) in [5.41, 5.74) is -0.589. The SMILES string of the molecule is CCNc1ncnc(NCC2(O)CCC2)c1OC. The summed E-state index contributed by atoms with van der Waals surface area (Å²) in [7, 11) is 1.59.